The van der Waals surface area contributed by atoms with Gasteiger partial charge in [-0.05, 0) is 58.1 Å². The molecule has 4 heteroatoms. The van der Waals surface area contributed by atoms with Crippen molar-refractivity contribution in [3.05, 3.63) is 72.8 Å². The first-order valence-corrected chi connectivity index (χ1v) is 6.89. The van der Waals surface area contributed by atoms with E-state index < -0.39 is 5.97 Å². The molecule has 0 unspecified atom stereocenters. The normalized spacial score (nSPS) is 10.4. The summed E-state index contributed by atoms with van der Waals surface area (Å²) in [6, 6.07) is 13.5. The fraction of sp³-hybridized carbons (Fsp3) is 0.0556. The lowest BCUT2D eigenvalue weighted by molar-refractivity contribution is -0.136. The summed E-state index contributed by atoms with van der Waals surface area (Å²) in [4.78, 5) is 19.0. The predicted molar refractivity (Wildman–Crippen MR) is 84.2 cm³/mol. The summed E-state index contributed by atoms with van der Waals surface area (Å²) >= 11 is 0. The van der Waals surface area contributed by atoms with E-state index >= 15 is 0 Å². The van der Waals surface area contributed by atoms with Crippen LogP contribution in [0.1, 0.15) is 5.56 Å². The molecule has 4 nitrogen and oxygen atoms in total. The largest absolute Gasteiger partial charge is 0.481 e. The van der Waals surface area contributed by atoms with Crippen LogP contribution < -0.4 is 0 Å². The van der Waals surface area contributed by atoms with Crippen molar-refractivity contribution in [3.63, 3.8) is 0 Å². The second-order valence-corrected chi connectivity index (χ2v) is 4.92. The summed E-state index contributed by atoms with van der Waals surface area (Å²) in [7, 11) is 0. The number of pyridine rings is 2. The number of carbonyl (C=O) groups is 1. The summed E-state index contributed by atoms with van der Waals surface area (Å²) < 4.78 is 0. The fourth-order valence-electron chi connectivity index (χ4n) is 2.43. The zero-order chi connectivity index (χ0) is 15.4. The standard InChI is InChI=1S/C18H14N2O2/c21-18(22)12-13-1-2-16(14-3-7-19-8-4-14)17(11-13)15-5-9-20-10-6-15/h1-11H,12H2,(H,21,22). The minimum absolute atomic E-state index is 0.00864. The summed E-state index contributed by atoms with van der Waals surface area (Å²) in [6.07, 6.45) is 6.97. The number of hydrogen-bond acceptors (Lipinski definition) is 3. The number of rotatable bonds is 4. The maximum atomic E-state index is 11.0. The number of nitrogens with zero attached hydrogens (tertiary/aromatic N) is 2. The molecule has 108 valence electrons. The van der Waals surface area contributed by atoms with Gasteiger partial charge in [-0.2, -0.15) is 0 Å². The molecule has 0 aliphatic heterocycles. The summed E-state index contributed by atoms with van der Waals surface area (Å²) in [6.45, 7) is 0. The van der Waals surface area contributed by atoms with Crippen molar-refractivity contribution >= 4 is 5.97 Å². The van der Waals surface area contributed by atoms with E-state index in [1.54, 1.807) is 24.8 Å². The molecule has 1 aromatic carbocycles. The molecule has 0 spiro atoms. The van der Waals surface area contributed by atoms with Crippen molar-refractivity contribution in [2.45, 2.75) is 6.42 Å². The van der Waals surface area contributed by atoms with Gasteiger partial charge < -0.3 is 5.11 Å². The molecular weight excluding hydrogens is 276 g/mol. The topological polar surface area (TPSA) is 63.1 Å². The molecule has 0 aliphatic rings. The van der Waals surface area contributed by atoms with Crippen molar-refractivity contribution in [2.75, 3.05) is 0 Å². The second kappa shape index (κ2) is 6.18. The lowest BCUT2D eigenvalue weighted by atomic mass is 9.93. The highest BCUT2D eigenvalue weighted by Gasteiger charge is 2.10. The van der Waals surface area contributed by atoms with Crippen molar-refractivity contribution in [2.24, 2.45) is 0 Å². The maximum absolute atomic E-state index is 11.0. The zero-order valence-corrected chi connectivity index (χ0v) is 11.8. The number of aromatic nitrogens is 2. The fourth-order valence-corrected chi connectivity index (χ4v) is 2.43. The zero-order valence-electron chi connectivity index (χ0n) is 11.8. The molecule has 0 radical (unpaired) electrons. The van der Waals surface area contributed by atoms with Crippen LogP contribution >= 0.6 is 0 Å². The number of aliphatic carboxylic acids is 1. The lowest BCUT2D eigenvalue weighted by Crippen LogP contribution is -2.00. The van der Waals surface area contributed by atoms with Crippen LogP contribution in [0.3, 0.4) is 0 Å². The first-order chi connectivity index (χ1) is 10.7. The molecule has 2 heterocycles. The highest BCUT2D eigenvalue weighted by molar-refractivity contribution is 5.84. The smallest absolute Gasteiger partial charge is 0.307 e. The molecule has 22 heavy (non-hydrogen) atoms. The predicted octanol–water partition coefficient (Wildman–Crippen LogP) is 3.44. The Kier molecular flexibility index (Phi) is 3.92. The first-order valence-electron chi connectivity index (χ1n) is 6.89. The Labute approximate surface area is 128 Å². The Morgan fingerprint density at radius 1 is 0.818 bits per heavy atom. The molecule has 1 N–H and O–H groups in total. The minimum Gasteiger partial charge on any atom is -0.481 e. The average Bonchev–Trinajstić information content (AvgIpc) is 2.56. The van der Waals surface area contributed by atoms with Gasteiger partial charge in [0.25, 0.3) is 0 Å². The molecule has 3 rings (SSSR count). The van der Waals surface area contributed by atoms with Gasteiger partial charge in [-0.1, -0.05) is 12.1 Å². The summed E-state index contributed by atoms with van der Waals surface area (Å²) in [5, 5.41) is 9.00. The third-order valence-corrected chi connectivity index (χ3v) is 3.42. The van der Waals surface area contributed by atoms with Gasteiger partial charge in [0.1, 0.15) is 0 Å². The van der Waals surface area contributed by atoms with Crippen LogP contribution in [0, 0.1) is 0 Å². The Bertz CT molecular complexity index is 787. The van der Waals surface area contributed by atoms with E-state index in [0.717, 1.165) is 27.8 Å². The van der Waals surface area contributed by atoms with Crippen LogP contribution in [0.15, 0.2) is 67.3 Å². The molecular formula is C18H14N2O2. The van der Waals surface area contributed by atoms with E-state index in [4.69, 9.17) is 5.11 Å². The van der Waals surface area contributed by atoms with E-state index in [-0.39, 0.29) is 6.42 Å². The molecule has 0 fully saturated rings. The van der Waals surface area contributed by atoms with Crippen LogP contribution in [0.2, 0.25) is 0 Å². The number of hydrogen-bond donors (Lipinski definition) is 1. The van der Waals surface area contributed by atoms with Crippen LogP contribution in [0.5, 0.6) is 0 Å². The average molecular weight is 290 g/mol. The number of benzene rings is 1. The Morgan fingerprint density at radius 3 is 1.91 bits per heavy atom. The monoisotopic (exact) mass is 290 g/mol. The quantitative estimate of drug-likeness (QED) is 0.799. The van der Waals surface area contributed by atoms with Crippen LogP contribution in [0.25, 0.3) is 22.3 Å². The molecule has 0 atom stereocenters. The minimum atomic E-state index is -0.836. The van der Waals surface area contributed by atoms with Gasteiger partial charge in [0.05, 0.1) is 6.42 Å². The van der Waals surface area contributed by atoms with E-state index in [9.17, 15) is 4.79 Å². The Balaban J connectivity index is 2.15. The van der Waals surface area contributed by atoms with Crippen LogP contribution in [-0.4, -0.2) is 21.0 Å². The molecule has 0 amide bonds. The summed E-state index contributed by atoms with van der Waals surface area (Å²) in [5.41, 5.74) is 4.87. The first kappa shape index (κ1) is 13.9. The molecule has 0 bridgehead atoms. The second-order valence-electron chi connectivity index (χ2n) is 4.92. The lowest BCUT2D eigenvalue weighted by Gasteiger charge is -2.12. The van der Waals surface area contributed by atoms with E-state index in [1.165, 1.54) is 0 Å². The van der Waals surface area contributed by atoms with Crippen molar-refractivity contribution in [1.82, 2.24) is 9.97 Å². The van der Waals surface area contributed by atoms with E-state index in [0.29, 0.717) is 0 Å². The van der Waals surface area contributed by atoms with Crippen molar-refractivity contribution < 1.29 is 9.90 Å². The maximum Gasteiger partial charge on any atom is 0.307 e. The molecule has 0 aliphatic carbocycles. The van der Waals surface area contributed by atoms with Gasteiger partial charge in [0.2, 0.25) is 0 Å². The molecule has 2 aromatic heterocycles. The molecule has 0 saturated heterocycles. The third-order valence-electron chi connectivity index (χ3n) is 3.42. The van der Waals surface area contributed by atoms with Gasteiger partial charge >= 0.3 is 5.97 Å². The van der Waals surface area contributed by atoms with Crippen LogP contribution in [0.4, 0.5) is 0 Å². The highest BCUT2D eigenvalue weighted by Crippen LogP contribution is 2.32. The van der Waals surface area contributed by atoms with Gasteiger partial charge in [-0.15, -0.1) is 0 Å². The third kappa shape index (κ3) is 3.01. The Morgan fingerprint density at radius 2 is 1.36 bits per heavy atom. The van der Waals surface area contributed by atoms with Gasteiger partial charge in [-0.3, -0.25) is 14.8 Å². The van der Waals surface area contributed by atoms with Crippen molar-refractivity contribution in [1.29, 1.82) is 0 Å². The van der Waals surface area contributed by atoms with Crippen molar-refractivity contribution in [3.8, 4) is 22.3 Å². The van der Waals surface area contributed by atoms with E-state index in [1.807, 2.05) is 42.5 Å². The molecule has 3 aromatic rings. The van der Waals surface area contributed by atoms with Gasteiger partial charge in [0, 0.05) is 24.8 Å². The van der Waals surface area contributed by atoms with Gasteiger partial charge in [-0.25, -0.2) is 0 Å². The number of carboxylic acid groups (broad SMARTS) is 1. The highest BCUT2D eigenvalue weighted by atomic mass is 16.4. The molecule has 0 saturated carbocycles. The summed E-state index contributed by atoms with van der Waals surface area (Å²) in [5.74, 6) is -0.836. The Hall–Kier alpha value is -3.01. The van der Waals surface area contributed by atoms with Gasteiger partial charge in [0.15, 0.2) is 0 Å². The van der Waals surface area contributed by atoms with Crippen LogP contribution in [-0.2, 0) is 11.2 Å². The SMILES string of the molecule is O=C(O)Cc1ccc(-c2ccncc2)c(-c2ccncc2)c1. The van der Waals surface area contributed by atoms with E-state index in [2.05, 4.69) is 9.97 Å². The number of carboxylic acids is 1.